The van der Waals surface area contributed by atoms with Crippen LogP contribution in [0.2, 0.25) is 0 Å². The summed E-state index contributed by atoms with van der Waals surface area (Å²) in [4.78, 5) is 34.4. The molecule has 1 aliphatic heterocycles. The first kappa shape index (κ1) is 27.8. The van der Waals surface area contributed by atoms with E-state index in [0.29, 0.717) is 31.0 Å². The highest BCUT2D eigenvalue weighted by atomic mass is 16.5. The summed E-state index contributed by atoms with van der Waals surface area (Å²) in [5.41, 5.74) is 9.79. The van der Waals surface area contributed by atoms with E-state index in [4.69, 9.17) is 15.6 Å². The fourth-order valence-electron chi connectivity index (χ4n) is 4.48. The van der Waals surface area contributed by atoms with Crippen molar-refractivity contribution in [2.45, 2.75) is 51.5 Å². The molecule has 8 nitrogen and oxygen atoms in total. The molecule has 1 fully saturated rings. The number of amides is 1. The number of carboxylic acid groups (broad SMARTS) is 1. The fourth-order valence-corrected chi connectivity index (χ4v) is 4.48. The van der Waals surface area contributed by atoms with Crippen LogP contribution in [0.25, 0.3) is 22.5 Å². The lowest BCUT2D eigenvalue weighted by Crippen LogP contribution is -2.44. The SMILES string of the molecule is CCCCCC#COc1ccc(-c2cnc(-c3ccc(C[C@H](N)C(=O)N4CC[C@H](C(=O)O)C4)cc3)nc2)cc1. The van der Waals surface area contributed by atoms with Gasteiger partial charge in [0.1, 0.15) is 11.9 Å². The number of carbonyl (C=O) groups excluding carboxylic acids is 1. The maximum atomic E-state index is 12.6. The van der Waals surface area contributed by atoms with Gasteiger partial charge >= 0.3 is 5.97 Å². The maximum absolute atomic E-state index is 12.6. The molecule has 0 aliphatic carbocycles. The van der Waals surface area contributed by atoms with Crippen molar-refractivity contribution in [1.29, 1.82) is 0 Å². The molecular weight excluding hydrogens is 492 g/mol. The summed E-state index contributed by atoms with van der Waals surface area (Å²) < 4.78 is 5.50. The summed E-state index contributed by atoms with van der Waals surface area (Å²) in [6.45, 7) is 2.82. The summed E-state index contributed by atoms with van der Waals surface area (Å²) in [5.74, 6) is 2.75. The summed E-state index contributed by atoms with van der Waals surface area (Å²) >= 11 is 0. The molecule has 1 aliphatic rings. The lowest BCUT2D eigenvalue weighted by Gasteiger charge is -2.20. The van der Waals surface area contributed by atoms with Crippen molar-refractivity contribution < 1.29 is 19.4 Å². The molecule has 39 heavy (non-hydrogen) atoms. The lowest BCUT2D eigenvalue weighted by atomic mass is 10.0. The number of unbranched alkanes of at least 4 members (excludes halogenated alkanes) is 3. The van der Waals surface area contributed by atoms with E-state index < -0.39 is 17.9 Å². The van der Waals surface area contributed by atoms with E-state index in [-0.39, 0.29) is 12.5 Å². The first-order valence-electron chi connectivity index (χ1n) is 13.4. The second kappa shape index (κ2) is 13.5. The molecule has 0 unspecified atom stereocenters. The number of nitrogens with two attached hydrogens (primary N) is 1. The molecule has 1 saturated heterocycles. The van der Waals surface area contributed by atoms with Crippen LogP contribution in [-0.2, 0) is 16.0 Å². The first-order chi connectivity index (χ1) is 18.9. The van der Waals surface area contributed by atoms with Crippen LogP contribution in [0.1, 0.15) is 44.6 Å². The second-order valence-corrected chi connectivity index (χ2v) is 9.77. The van der Waals surface area contributed by atoms with Gasteiger partial charge in [-0.1, -0.05) is 62.1 Å². The molecule has 0 bridgehead atoms. The number of carbonyl (C=O) groups is 2. The van der Waals surface area contributed by atoms with Crippen LogP contribution in [0.5, 0.6) is 5.75 Å². The Balaban J connectivity index is 1.30. The van der Waals surface area contributed by atoms with Gasteiger partial charge in [-0.05, 0) is 42.5 Å². The van der Waals surface area contributed by atoms with Gasteiger partial charge in [-0.15, -0.1) is 0 Å². The normalized spacial score (nSPS) is 15.3. The number of rotatable bonds is 10. The Kier molecular flexibility index (Phi) is 9.65. The van der Waals surface area contributed by atoms with E-state index in [1.165, 1.54) is 12.8 Å². The standard InChI is InChI=1S/C31H34N4O4/c1-2-3-4-5-6-17-39-27-13-11-23(12-14-27)26-19-33-29(34-20-26)24-9-7-22(8-10-24)18-28(32)30(36)35-16-15-25(21-35)31(37)38/h7-14,19-20,25,28H,2-5,15-16,18,21,32H2,1H3,(H,37,38)/t25-,28-/m0/s1. The van der Waals surface area contributed by atoms with Gasteiger partial charge in [0.15, 0.2) is 5.82 Å². The van der Waals surface area contributed by atoms with Gasteiger partial charge in [-0.2, -0.15) is 0 Å². The molecular formula is C31H34N4O4. The fraction of sp³-hybridized carbons (Fsp3) is 0.355. The van der Waals surface area contributed by atoms with Crippen molar-refractivity contribution >= 4 is 11.9 Å². The summed E-state index contributed by atoms with van der Waals surface area (Å²) in [7, 11) is 0. The zero-order valence-corrected chi connectivity index (χ0v) is 22.2. The predicted molar refractivity (Wildman–Crippen MR) is 149 cm³/mol. The van der Waals surface area contributed by atoms with Crippen LogP contribution < -0.4 is 10.5 Å². The van der Waals surface area contributed by atoms with Crippen molar-refractivity contribution in [3.63, 3.8) is 0 Å². The Morgan fingerprint density at radius 1 is 1.05 bits per heavy atom. The number of ether oxygens (including phenoxy) is 1. The van der Waals surface area contributed by atoms with E-state index in [1.807, 2.05) is 48.5 Å². The van der Waals surface area contributed by atoms with E-state index in [0.717, 1.165) is 35.1 Å². The van der Waals surface area contributed by atoms with Crippen LogP contribution in [-0.4, -0.2) is 51.0 Å². The van der Waals surface area contributed by atoms with Gasteiger partial charge in [0.2, 0.25) is 5.91 Å². The average Bonchev–Trinajstić information content (AvgIpc) is 3.46. The minimum atomic E-state index is -0.869. The second-order valence-electron chi connectivity index (χ2n) is 9.77. The van der Waals surface area contributed by atoms with Crippen LogP contribution >= 0.6 is 0 Å². The highest BCUT2D eigenvalue weighted by molar-refractivity contribution is 5.83. The molecule has 0 spiro atoms. The Labute approximate surface area is 229 Å². The summed E-state index contributed by atoms with van der Waals surface area (Å²) in [6, 6.07) is 14.6. The monoisotopic (exact) mass is 526 g/mol. The van der Waals surface area contributed by atoms with Crippen molar-refractivity contribution in [3.05, 3.63) is 66.5 Å². The zero-order valence-electron chi connectivity index (χ0n) is 22.2. The van der Waals surface area contributed by atoms with Gasteiger partial charge in [-0.25, -0.2) is 9.97 Å². The number of hydrogen-bond donors (Lipinski definition) is 2. The third-order valence-electron chi connectivity index (χ3n) is 6.82. The van der Waals surface area contributed by atoms with Gasteiger partial charge in [-0.3, -0.25) is 9.59 Å². The third kappa shape index (κ3) is 7.65. The minimum absolute atomic E-state index is 0.211. The molecule has 2 aromatic carbocycles. The molecule has 3 aromatic rings. The first-order valence-corrected chi connectivity index (χ1v) is 13.4. The topological polar surface area (TPSA) is 119 Å². The Morgan fingerprint density at radius 3 is 2.38 bits per heavy atom. The van der Waals surface area contributed by atoms with Crippen molar-refractivity contribution in [1.82, 2.24) is 14.9 Å². The van der Waals surface area contributed by atoms with E-state index in [2.05, 4.69) is 28.9 Å². The number of hydrogen-bond acceptors (Lipinski definition) is 6. The van der Waals surface area contributed by atoms with Gasteiger partial charge in [0.05, 0.1) is 12.0 Å². The smallest absolute Gasteiger partial charge is 0.308 e. The van der Waals surface area contributed by atoms with Crippen LogP contribution in [0.4, 0.5) is 0 Å². The largest absolute Gasteiger partial charge is 0.481 e. The molecule has 1 aromatic heterocycles. The Morgan fingerprint density at radius 2 is 1.74 bits per heavy atom. The van der Waals surface area contributed by atoms with Crippen LogP contribution in [0.15, 0.2) is 60.9 Å². The molecule has 202 valence electrons. The number of aliphatic carboxylic acids is 1. The quantitative estimate of drug-likeness (QED) is 0.294. The number of carboxylic acids is 1. The molecule has 1 amide bonds. The van der Waals surface area contributed by atoms with Gasteiger partial charge < -0.3 is 20.5 Å². The van der Waals surface area contributed by atoms with Crippen molar-refractivity contribution in [2.75, 3.05) is 13.1 Å². The van der Waals surface area contributed by atoms with Crippen LogP contribution in [0.3, 0.4) is 0 Å². The number of aromatic nitrogens is 2. The molecule has 4 rings (SSSR count). The molecule has 8 heteroatoms. The van der Waals surface area contributed by atoms with E-state index in [1.54, 1.807) is 17.3 Å². The summed E-state index contributed by atoms with van der Waals surface area (Å²) in [5, 5.41) is 9.15. The molecule has 2 heterocycles. The van der Waals surface area contributed by atoms with Crippen molar-refractivity contribution in [3.8, 4) is 40.3 Å². The highest BCUT2D eigenvalue weighted by Gasteiger charge is 2.32. The van der Waals surface area contributed by atoms with E-state index in [9.17, 15) is 9.59 Å². The third-order valence-corrected chi connectivity index (χ3v) is 6.82. The predicted octanol–water partition coefficient (Wildman–Crippen LogP) is 4.53. The highest BCUT2D eigenvalue weighted by Crippen LogP contribution is 2.24. The molecule has 3 N–H and O–H groups in total. The van der Waals surface area contributed by atoms with Crippen molar-refractivity contribution in [2.24, 2.45) is 11.7 Å². The average molecular weight is 527 g/mol. The zero-order chi connectivity index (χ0) is 27.6. The molecule has 2 atom stereocenters. The lowest BCUT2D eigenvalue weighted by molar-refractivity contribution is -0.141. The number of benzene rings is 2. The molecule has 0 radical (unpaired) electrons. The number of nitrogens with zero attached hydrogens (tertiary/aromatic N) is 3. The maximum Gasteiger partial charge on any atom is 0.308 e. The minimum Gasteiger partial charge on any atom is -0.481 e. The Hall–Kier alpha value is -4.22. The van der Waals surface area contributed by atoms with Crippen LogP contribution in [0, 0.1) is 17.9 Å². The van der Waals surface area contributed by atoms with Gasteiger partial charge in [0.25, 0.3) is 0 Å². The van der Waals surface area contributed by atoms with Gasteiger partial charge in [0, 0.05) is 43.0 Å². The number of likely N-dealkylation sites (tertiary alicyclic amines) is 1. The Bertz CT molecular complexity index is 1310. The summed E-state index contributed by atoms with van der Waals surface area (Å²) in [6.07, 6.45) is 11.5. The van der Waals surface area contributed by atoms with E-state index >= 15 is 0 Å². The molecule has 0 saturated carbocycles.